The smallest absolute Gasteiger partial charge is 0.319 e. The summed E-state index contributed by atoms with van der Waals surface area (Å²) >= 11 is 0. The average Bonchev–Trinajstić information content (AvgIpc) is 3.01. The molecular formula is C19H26N6O2. The zero-order valence-corrected chi connectivity index (χ0v) is 15.8. The molecule has 0 aliphatic rings. The Labute approximate surface area is 157 Å². The summed E-state index contributed by atoms with van der Waals surface area (Å²) in [6.07, 6.45) is 2.31. The van der Waals surface area contributed by atoms with Crippen molar-refractivity contribution in [2.75, 3.05) is 23.8 Å². The van der Waals surface area contributed by atoms with Gasteiger partial charge in [-0.1, -0.05) is 26.0 Å². The van der Waals surface area contributed by atoms with Gasteiger partial charge in [0.25, 0.3) is 0 Å². The van der Waals surface area contributed by atoms with Crippen molar-refractivity contribution in [1.82, 2.24) is 20.3 Å². The van der Waals surface area contributed by atoms with Crippen molar-refractivity contribution in [3.8, 4) is 0 Å². The van der Waals surface area contributed by atoms with Crippen LogP contribution in [0.15, 0.2) is 24.5 Å². The van der Waals surface area contributed by atoms with Crippen LogP contribution in [0.5, 0.6) is 0 Å². The predicted octanol–water partition coefficient (Wildman–Crippen LogP) is 3.07. The molecule has 2 heterocycles. The van der Waals surface area contributed by atoms with E-state index < -0.39 is 0 Å². The van der Waals surface area contributed by atoms with Gasteiger partial charge in [-0.3, -0.25) is 0 Å². The summed E-state index contributed by atoms with van der Waals surface area (Å²) in [5.41, 5.74) is 2.13. The summed E-state index contributed by atoms with van der Waals surface area (Å²) in [6, 6.07) is 5.33. The highest BCUT2D eigenvalue weighted by Crippen LogP contribution is 2.33. The number of aromatic amines is 1. The molecule has 0 bridgehead atoms. The number of nitrogens with zero attached hydrogens (tertiary/aromatic N) is 2. The van der Waals surface area contributed by atoms with Crippen LogP contribution in [-0.4, -0.2) is 45.3 Å². The molecule has 0 aliphatic heterocycles. The standard InChI is InChI=1S/C19H26N6O2/c1-4-20-19(27)24-14-7-5-6-13-15-17(23-12(9-26)8-11(2)3)21-10-22-18(15)25-16(13)14/h5-7,10-12,26H,4,8-9H2,1-3H3,(H2,20,24,27)(H2,21,22,23,25). The third kappa shape index (κ3) is 4.11. The summed E-state index contributed by atoms with van der Waals surface area (Å²) in [4.78, 5) is 23.9. The highest BCUT2D eigenvalue weighted by Gasteiger charge is 2.17. The first-order valence-corrected chi connectivity index (χ1v) is 9.21. The molecule has 8 nitrogen and oxygen atoms in total. The van der Waals surface area contributed by atoms with Crippen molar-refractivity contribution in [2.24, 2.45) is 5.92 Å². The van der Waals surface area contributed by atoms with Gasteiger partial charge >= 0.3 is 6.03 Å². The highest BCUT2D eigenvalue weighted by molar-refractivity contribution is 6.15. The number of amides is 2. The molecule has 1 unspecified atom stereocenters. The minimum Gasteiger partial charge on any atom is -0.394 e. The first-order chi connectivity index (χ1) is 13.0. The number of para-hydroxylation sites is 1. The maximum absolute atomic E-state index is 11.9. The van der Waals surface area contributed by atoms with E-state index in [4.69, 9.17) is 0 Å². The molecule has 0 saturated heterocycles. The third-order valence-corrected chi connectivity index (χ3v) is 4.33. The maximum atomic E-state index is 11.9. The summed E-state index contributed by atoms with van der Waals surface area (Å²) < 4.78 is 0. The number of carbonyl (C=O) groups is 1. The van der Waals surface area contributed by atoms with Crippen molar-refractivity contribution >= 4 is 39.5 Å². The molecular weight excluding hydrogens is 344 g/mol. The Bertz CT molecular complexity index is 936. The second kappa shape index (κ2) is 8.22. The first kappa shape index (κ1) is 18.9. The molecule has 0 spiro atoms. The van der Waals surface area contributed by atoms with E-state index in [2.05, 4.69) is 44.7 Å². The lowest BCUT2D eigenvalue weighted by Crippen LogP contribution is -2.28. The van der Waals surface area contributed by atoms with Crippen molar-refractivity contribution in [3.05, 3.63) is 24.5 Å². The number of benzene rings is 1. The zero-order valence-electron chi connectivity index (χ0n) is 15.8. The Hall–Kier alpha value is -2.87. The van der Waals surface area contributed by atoms with Crippen LogP contribution >= 0.6 is 0 Å². The van der Waals surface area contributed by atoms with Gasteiger partial charge in [-0.15, -0.1) is 0 Å². The van der Waals surface area contributed by atoms with E-state index in [-0.39, 0.29) is 18.7 Å². The molecule has 27 heavy (non-hydrogen) atoms. The number of H-pyrrole nitrogens is 1. The Morgan fingerprint density at radius 1 is 1.30 bits per heavy atom. The predicted molar refractivity (Wildman–Crippen MR) is 108 cm³/mol. The summed E-state index contributed by atoms with van der Waals surface area (Å²) in [5, 5.41) is 20.4. The molecule has 1 atom stereocenters. The van der Waals surface area contributed by atoms with E-state index in [0.29, 0.717) is 29.6 Å². The van der Waals surface area contributed by atoms with Crippen LogP contribution in [0, 0.1) is 5.92 Å². The third-order valence-electron chi connectivity index (χ3n) is 4.33. The number of hydrogen-bond donors (Lipinski definition) is 5. The molecule has 2 amide bonds. The molecule has 0 radical (unpaired) electrons. The van der Waals surface area contributed by atoms with Gasteiger partial charge < -0.3 is 26.0 Å². The highest BCUT2D eigenvalue weighted by atomic mass is 16.3. The minimum absolute atomic E-state index is 0.0238. The Morgan fingerprint density at radius 3 is 2.81 bits per heavy atom. The summed E-state index contributed by atoms with van der Waals surface area (Å²) in [7, 11) is 0. The summed E-state index contributed by atoms with van der Waals surface area (Å²) in [5.74, 6) is 1.11. The van der Waals surface area contributed by atoms with Crippen LogP contribution in [0.25, 0.3) is 21.9 Å². The number of urea groups is 1. The normalized spacial score (nSPS) is 12.5. The monoisotopic (exact) mass is 370 g/mol. The molecule has 8 heteroatoms. The molecule has 0 saturated carbocycles. The fourth-order valence-corrected chi connectivity index (χ4v) is 3.23. The number of aromatic nitrogens is 3. The number of fused-ring (bicyclic) bond motifs is 3. The van der Waals surface area contributed by atoms with Gasteiger partial charge in [-0.25, -0.2) is 14.8 Å². The van der Waals surface area contributed by atoms with E-state index in [9.17, 15) is 9.90 Å². The SMILES string of the molecule is CCNC(=O)Nc1cccc2c1[nH]c1ncnc(NC(CO)CC(C)C)c12. The van der Waals surface area contributed by atoms with Crippen molar-refractivity contribution in [3.63, 3.8) is 0 Å². The lowest BCUT2D eigenvalue weighted by atomic mass is 10.0. The minimum atomic E-state index is -0.259. The quantitative estimate of drug-likeness (QED) is 0.438. The van der Waals surface area contributed by atoms with Gasteiger partial charge in [-0.05, 0) is 25.3 Å². The van der Waals surface area contributed by atoms with Gasteiger partial charge in [0.1, 0.15) is 17.8 Å². The average molecular weight is 370 g/mol. The number of nitrogens with one attached hydrogen (secondary N) is 4. The van der Waals surface area contributed by atoms with Gasteiger partial charge in [-0.2, -0.15) is 0 Å². The molecule has 5 N–H and O–H groups in total. The van der Waals surface area contributed by atoms with Crippen molar-refractivity contribution in [1.29, 1.82) is 0 Å². The number of rotatable bonds is 7. The zero-order chi connectivity index (χ0) is 19.4. The lowest BCUT2D eigenvalue weighted by Gasteiger charge is -2.19. The van der Waals surface area contributed by atoms with Crippen molar-refractivity contribution in [2.45, 2.75) is 33.2 Å². The molecule has 3 rings (SSSR count). The first-order valence-electron chi connectivity index (χ1n) is 9.21. The van der Waals surface area contributed by atoms with Crippen LogP contribution in [-0.2, 0) is 0 Å². The molecule has 2 aromatic heterocycles. The van der Waals surface area contributed by atoms with E-state index in [0.717, 1.165) is 22.7 Å². The van der Waals surface area contributed by atoms with Crippen LogP contribution in [0.1, 0.15) is 27.2 Å². The molecule has 144 valence electrons. The Kier molecular flexibility index (Phi) is 5.75. The van der Waals surface area contributed by atoms with Crippen molar-refractivity contribution < 1.29 is 9.90 Å². The second-order valence-corrected chi connectivity index (χ2v) is 6.94. The maximum Gasteiger partial charge on any atom is 0.319 e. The Morgan fingerprint density at radius 2 is 2.11 bits per heavy atom. The Balaban J connectivity index is 2.03. The van der Waals surface area contributed by atoms with Crippen LogP contribution < -0.4 is 16.0 Å². The second-order valence-electron chi connectivity index (χ2n) is 6.94. The van der Waals surface area contributed by atoms with E-state index in [1.54, 1.807) is 0 Å². The largest absolute Gasteiger partial charge is 0.394 e. The van der Waals surface area contributed by atoms with Crippen LogP contribution in [0.2, 0.25) is 0 Å². The number of aliphatic hydroxyl groups is 1. The number of anilines is 2. The van der Waals surface area contributed by atoms with Gasteiger partial charge in [0.05, 0.1) is 29.2 Å². The van der Waals surface area contributed by atoms with Gasteiger partial charge in [0.2, 0.25) is 0 Å². The lowest BCUT2D eigenvalue weighted by molar-refractivity contribution is 0.252. The van der Waals surface area contributed by atoms with Crippen LogP contribution in [0.4, 0.5) is 16.3 Å². The van der Waals surface area contributed by atoms with Crippen LogP contribution in [0.3, 0.4) is 0 Å². The fraction of sp³-hybridized carbons (Fsp3) is 0.421. The molecule has 0 aliphatic carbocycles. The van der Waals surface area contributed by atoms with E-state index in [1.165, 1.54) is 6.33 Å². The fourth-order valence-electron chi connectivity index (χ4n) is 3.23. The molecule has 1 aromatic carbocycles. The summed E-state index contributed by atoms with van der Waals surface area (Å²) in [6.45, 7) is 6.67. The van der Waals surface area contributed by atoms with E-state index in [1.807, 2.05) is 25.1 Å². The number of aliphatic hydroxyl groups excluding tert-OH is 1. The van der Waals surface area contributed by atoms with Gasteiger partial charge in [0.15, 0.2) is 0 Å². The molecule has 3 aromatic rings. The number of hydrogen-bond acceptors (Lipinski definition) is 5. The van der Waals surface area contributed by atoms with Gasteiger partial charge in [0, 0.05) is 11.9 Å². The topological polar surface area (TPSA) is 115 Å². The van der Waals surface area contributed by atoms with E-state index >= 15 is 0 Å². The molecule has 0 fully saturated rings. The number of carbonyl (C=O) groups excluding carboxylic acids is 1.